The third-order valence-electron chi connectivity index (χ3n) is 5.44. The zero-order valence-corrected chi connectivity index (χ0v) is 16.4. The molecule has 1 aliphatic rings. The first kappa shape index (κ1) is 17.4. The molecule has 0 aliphatic carbocycles. The summed E-state index contributed by atoms with van der Waals surface area (Å²) in [7, 11) is 1.70. The zero-order chi connectivity index (χ0) is 19.0. The van der Waals surface area contributed by atoms with E-state index in [0.29, 0.717) is 0 Å². The summed E-state index contributed by atoms with van der Waals surface area (Å²) in [5, 5.41) is 0. The molecule has 1 atom stereocenters. The third-order valence-corrected chi connectivity index (χ3v) is 5.44. The van der Waals surface area contributed by atoms with Crippen LogP contribution >= 0.6 is 0 Å². The van der Waals surface area contributed by atoms with Gasteiger partial charge in [-0.3, -0.25) is 0 Å². The second kappa shape index (κ2) is 6.96. The molecule has 3 aromatic carbocycles. The normalized spacial score (nSPS) is 16.3. The van der Waals surface area contributed by atoms with Crippen molar-refractivity contribution in [1.29, 1.82) is 0 Å². The molecule has 27 heavy (non-hydrogen) atoms. The van der Waals surface area contributed by atoms with Gasteiger partial charge in [0.25, 0.3) is 0 Å². The Morgan fingerprint density at radius 2 is 1.56 bits per heavy atom. The van der Waals surface area contributed by atoms with Crippen LogP contribution < -0.4 is 9.64 Å². The van der Waals surface area contributed by atoms with E-state index in [1.165, 1.54) is 39.2 Å². The summed E-state index contributed by atoms with van der Waals surface area (Å²) in [6, 6.07) is 26.1. The number of nitrogens with zero attached hydrogens (tertiary/aromatic N) is 1. The Labute approximate surface area is 161 Å². The first-order chi connectivity index (χ1) is 13.1. The van der Waals surface area contributed by atoms with Crippen molar-refractivity contribution in [2.45, 2.75) is 26.8 Å². The predicted molar refractivity (Wildman–Crippen MR) is 114 cm³/mol. The van der Waals surface area contributed by atoms with Crippen molar-refractivity contribution in [3.8, 4) is 5.75 Å². The van der Waals surface area contributed by atoms with Gasteiger partial charge in [-0.2, -0.15) is 0 Å². The SMILES string of the molecule is COc1ccc(N2C(c3ccccc3)=C(C)c3cc(C)ccc3C2C)cc1. The molecule has 0 saturated carbocycles. The number of ether oxygens (including phenoxy) is 1. The standard InChI is InChI=1S/C25H25NO/c1-17-10-15-23-19(3)26(21-11-13-22(27-4)14-12-21)25(18(2)24(23)16-17)20-8-6-5-7-9-20/h5-16,19H,1-4H3. The Morgan fingerprint density at radius 3 is 2.22 bits per heavy atom. The summed E-state index contributed by atoms with van der Waals surface area (Å²) >= 11 is 0. The minimum absolute atomic E-state index is 0.243. The Balaban J connectivity index is 1.95. The van der Waals surface area contributed by atoms with Crippen LogP contribution in [0.15, 0.2) is 72.8 Å². The Morgan fingerprint density at radius 1 is 0.852 bits per heavy atom. The smallest absolute Gasteiger partial charge is 0.119 e. The van der Waals surface area contributed by atoms with Gasteiger partial charge in [-0.25, -0.2) is 0 Å². The van der Waals surface area contributed by atoms with Crippen LogP contribution in [0.2, 0.25) is 0 Å². The maximum atomic E-state index is 5.35. The van der Waals surface area contributed by atoms with E-state index in [2.05, 4.69) is 86.3 Å². The molecule has 0 amide bonds. The first-order valence-corrected chi connectivity index (χ1v) is 9.40. The Kier molecular flexibility index (Phi) is 4.49. The van der Waals surface area contributed by atoms with Gasteiger partial charge in [0.05, 0.1) is 18.8 Å². The molecule has 0 radical (unpaired) electrons. The number of benzene rings is 3. The molecule has 0 N–H and O–H groups in total. The van der Waals surface area contributed by atoms with E-state index < -0.39 is 0 Å². The summed E-state index contributed by atoms with van der Waals surface area (Å²) < 4.78 is 5.35. The van der Waals surface area contributed by atoms with Gasteiger partial charge in [0.1, 0.15) is 5.75 Å². The molecular weight excluding hydrogens is 330 g/mol. The summed E-state index contributed by atoms with van der Waals surface area (Å²) in [5.74, 6) is 0.876. The lowest BCUT2D eigenvalue weighted by Gasteiger charge is -2.40. The van der Waals surface area contributed by atoms with Crippen molar-refractivity contribution in [3.63, 3.8) is 0 Å². The molecule has 0 aromatic heterocycles. The second-order valence-corrected chi connectivity index (χ2v) is 7.17. The van der Waals surface area contributed by atoms with Crippen LogP contribution in [0, 0.1) is 6.92 Å². The number of hydrogen-bond donors (Lipinski definition) is 0. The number of methoxy groups -OCH3 is 1. The van der Waals surface area contributed by atoms with Crippen LogP contribution in [0.1, 0.15) is 42.1 Å². The lowest BCUT2D eigenvalue weighted by Crippen LogP contribution is -2.30. The molecule has 0 fully saturated rings. The Bertz CT molecular complexity index is 987. The maximum Gasteiger partial charge on any atom is 0.119 e. The minimum Gasteiger partial charge on any atom is -0.497 e. The number of anilines is 1. The molecule has 2 heteroatoms. The van der Waals surface area contributed by atoms with Gasteiger partial charge in [0.15, 0.2) is 0 Å². The van der Waals surface area contributed by atoms with Crippen molar-refractivity contribution in [2.24, 2.45) is 0 Å². The van der Waals surface area contributed by atoms with Crippen molar-refractivity contribution in [1.82, 2.24) is 0 Å². The van der Waals surface area contributed by atoms with Crippen LogP contribution in [0.25, 0.3) is 11.3 Å². The van der Waals surface area contributed by atoms with Gasteiger partial charge in [-0.05, 0) is 67.3 Å². The second-order valence-electron chi connectivity index (χ2n) is 7.17. The van der Waals surface area contributed by atoms with Crippen LogP contribution in [0.5, 0.6) is 5.75 Å². The van der Waals surface area contributed by atoms with Gasteiger partial charge < -0.3 is 9.64 Å². The Hall–Kier alpha value is -3.00. The number of aryl methyl sites for hydroxylation is 1. The van der Waals surface area contributed by atoms with Gasteiger partial charge in [0, 0.05) is 5.69 Å². The fraction of sp³-hybridized carbons (Fsp3) is 0.200. The van der Waals surface area contributed by atoms with Crippen molar-refractivity contribution >= 4 is 17.0 Å². The van der Waals surface area contributed by atoms with E-state index in [1.807, 2.05) is 12.1 Å². The van der Waals surface area contributed by atoms with Crippen molar-refractivity contribution in [3.05, 3.63) is 95.1 Å². The predicted octanol–water partition coefficient (Wildman–Crippen LogP) is 6.47. The first-order valence-electron chi connectivity index (χ1n) is 9.40. The van der Waals surface area contributed by atoms with Crippen LogP contribution in [0.4, 0.5) is 5.69 Å². The van der Waals surface area contributed by atoms with Gasteiger partial charge in [0.2, 0.25) is 0 Å². The van der Waals surface area contributed by atoms with E-state index in [1.54, 1.807) is 7.11 Å². The molecule has 2 nitrogen and oxygen atoms in total. The van der Waals surface area contributed by atoms with E-state index in [0.717, 1.165) is 5.75 Å². The molecular formula is C25H25NO. The quantitative estimate of drug-likeness (QED) is 0.533. The van der Waals surface area contributed by atoms with E-state index in [-0.39, 0.29) is 6.04 Å². The molecule has 1 aliphatic heterocycles. The fourth-order valence-corrected chi connectivity index (χ4v) is 4.05. The summed E-state index contributed by atoms with van der Waals surface area (Å²) in [6.45, 7) is 6.69. The summed E-state index contributed by atoms with van der Waals surface area (Å²) in [5.41, 5.74) is 9.02. The van der Waals surface area contributed by atoms with E-state index in [9.17, 15) is 0 Å². The number of fused-ring (bicyclic) bond motifs is 1. The highest BCUT2D eigenvalue weighted by Gasteiger charge is 2.30. The maximum absolute atomic E-state index is 5.35. The molecule has 0 saturated heterocycles. The average molecular weight is 355 g/mol. The van der Waals surface area contributed by atoms with E-state index in [4.69, 9.17) is 4.74 Å². The zero-order valence-electron chi connectivity index (χ0n) is 16.4. The largest absolute Gasteiger partial charge is 0.497 e. The number of rotatable bonds is 3. The van der Waals surface area contributed by atoms with Crippen LogP contribution in [0.3, 0.4) is 0 Å². The summed E-state index contributed by atoms with van der Waals surface area (Å²) in [4.78, 5) is 2.45. The van der Waals surface area contributed by atoms with Crippen molar-refractivity contribution < 1.29 is 4.74 Å². The van der Waals surface area contributed by atoms with Crippen molar-refractivity contribution in [2.75, 3.05) is 12.0 Å². The topological polar surface area (TPSA) is 12.5 Å². The van der Waals surface area contributed by atoms with Crippen LogP contribution in [-0.4, -0.2) is 7.11 Å². The minimum atomic E-state index is 0.243. The summed E-state index contributed by atoms with van der Waals surface area (Å²) in [6.07, 6.45) is 0. The highest BCUT2D eigenvalue weighted by molar-refractivity contribution is 5.99. The average Bonchev–Trinajstić information content (AvgIpc) is 2.71. The molecule has 0 spiro atoms. The molecule has 136 valence electrons. The van der Waals surface area contributed by atoms with Crippen LogP contribution in [-0.2, 0) is 0 Å². The molecule has 4 rings (SSSR count). The molecule has 1 unspecified atom stereocenters. The molecule has 1 heterocycles. The van der Waals surface area contributed by atoms with E-state index >= 15 is 0 Å². The monoisotopic (exact) mass is 355 g/mol. The number of hydrogen-bond acceptors (Lipinski definition) is 2. The van der Waals surface area contributed by atoms with Gasteiger partial charge in [-0.1, -0.05) is 54.1 Å². The van der Waals surface area contributed by atoms with Gasteiger partial charge >= 0.3 is 0 Å². The third kappa shape index (κ3) is 3.02. The lowest BCUT2D eigenvalue weighted by atomic mass is 9.86. The van der Waals surface area contributed by atoms with Gasteiger partial charge in [-0.15, -0.1) is 0 Å². The molecule has 3 aromatic rings. The number of allylic oxidation sites excluding steroid dienone is 1. The highest BCUT2D eigenvalue weighted by Crippen LogP contribution is 2.45. The highest BCUT2D eigenvalue weighted by atomic mass is 16.5. The fourth-order valence-electron chi connectivity index (χ4n) is 4.05. The lowest BCUT2D eigenvalue weighted by molar-refractivity contribution is 0.415. The molecule has 0 bridgehead atoms.